The first kappa shape index (κ1) is 10.8. The van der Waals surface area contributed by atoms with Crippen molar-refractivity contribution in [3.63, 3.8) is 0 Å². The molecule has 0 amide bonds. The lowest BCUT2D eigenvalue weighted by molar-refractivity contribution is 0.171. The quantitative estimate of drug-likeness (QED) is 0.839. The Kier molecular flexibility index (Phi) is 3.28. The SMILES string of the molecule is N#CCCC(N)c1ccc2c(c1)OCCO2. The Morgan fingerprint density at radius 3 is 2.81 bits per heavy atom. The average molecular weight is 218 g/mol. The van der Waals surface area contributed by atoms with E-state index in [9.17, 15) is 0 Å². The van der Waals surface area contributed by atoms with Gasteiger partial charge in [-0.05, 0) is 24.1 Å². The van der Waals surface area contributed by atoms with Crippen LogP contribution in [0.4, 0.5) is 0 Å². The smallest absolute Gasteiger partial charge is 0.161 e. The summed E-state index contributed by atoms with van der Waals surface area (Å²) in [6.07, 6.45) is 1.13. The molecule has 2 rings (SSSR count). The number of benzene rings is 1. The third-order valence-corrected chi connectivity index (χ3v) is 2.56. The van der Waals surface area contributed by atoms with Crippen LogP contribution in [0.3, 0.4) is 0 Å². The highest BCUT2D eigenvalue weighted by atomic mass is 16.6. The topological polar surface area (TPSA) is 68.3 Å². The molecule has 2 N–H and O–H groups in total. The lowest BCUT2D eigenvalue weighted by Crippen LogP contribution is -2.16. The maximum atomic E-state index is 8.50. The van der Waals surface area contributed by atoms with Crippen molar-refractivity contribution >= 4 is 0 Å². The molecule has 1 atom stereocenters. The zero-order valence-electron chi connectivity index (χ0n) is 8.98. The maximum Gasteiger partial charge on any atom is 0.161 e. The van der Waals surface area contributed by atoms with Crippen LogP contribution in [0.25, 0.3) is 0 Å². The zero-order chi connectivity index (χ0) is 11.4. The molecule has 1 aromatic carbocycles. The molecule has 16 heavy (non-hydrogen) atoms. The summed E-state index contributed by atoms with van der Waals surface area (Å²) in [5.41, 5.74) is 6.95. The number of rotatable bonds is 3. The minimum absolute atomic E-state index is 0.115. The second-order valence-corrected chi connectivity index (χ2v) is 3.71. The summed E-state index contributed by atoms with van der Waals surface area (Å²) in [6, 6.07) is 7.68. The highest BCUT2D eigenvalue weighted by Crippen LogP contribution is 2.32. The van der Waals surface area contributed by atoms with Crippen molar-refractivity contribution in [3.05, 3.63) is 23.8 Å². The van der Waals surface area contributed by atoms with E-state index in [1.54, 1.807) is 0 Å². The third-order valence-electron chi connectivity index (χ3n) is 2.56. The first-order valence-electron chi connectivity index (χ1n) is 5.33. The summed E-state index contributed by atoms with van der Waals surface area (Å²) in [5, 5.41) is 8.50. The maximum absolute atomic E-state index is 8.50. The fourth-order valence-electron chi connectivity index (χ4n) is 1.68. The third kappa shape index (κ3) is 2.26. The van der Waals surface area contributed by atoms with Crippen LogP contribution in [0.2, 0.25) is 0 Å². The largest absolute Gasteiger partial charge is 0.486 e. The van der Waals surface area contributed by atoms with Crippen molar-refractivity contribution in [1.82, 2.24) is 0 Å². The molecule has 0 saturated carbocycles. The van der Waals surface area contributed by atoms with Crippen LogP contribution in [0.1, 0.15) is 24.4 Å². The standard InChI is InChI=1S/C12H14N2O2/c13-5-1-2-10(14)9-3-4-11-12(8-9)16-7-6-15-11/h3-4,8,10H,1-2,6-7,14H2. The van der Waals surface area contributed by atoms with E-state index >= 15 is 0 Å². The summed E-state index contributed by atoms with van der Waals surface area (Å²) in [6.45, 7) is 1.16. The molecule has 1 aromatic rings. The van der Waals surface area contributed by atoms with Gasteiger partial charge >= 0.3 is 0 Å². The molecule has 0 saturated heterocycles. The molecule has 0 aliphatic carbocycles. The summed E-state index contributed by atoms with van der Waals surface area (Å²) < 4.78 is 10.9. The minimum Gasteiger partial charge on any atom is -0.486 e. The molecule has 0 fully saturated rings. The summed E-state index contributed by atoms with van der Waals surface area (Å²) in [7, 11) is 0. The summed E-state index contributed by atoms with van der Waals surface area (Å²) in [4.78, 5) is 0. The Bertz CT molecular complexity index is 412. The number of nitrogens with zero attached hydrogens (tertiary/aromatic N) is 1. The molecule has 1 aliphatic rings. The number of ether oxygens (including phenoxy) is 2. The van der Waals surface area contributed by atoms with Gasteiger partial charge in [0.05, 0.1) is 6.07 Å². The zero-order valence-corrected chi connectivity index (χ0v) is 8.98. The highest BCUT2D eigenvalue weighted by molar-refractivity contribution is 5.44. The Morgan fingerprint density at radius 1 is 1.31 bits per heavy atom. The van der Waals surface area contributed by atoms with Crippen molar-refractivity contribution in [3.8, 4) is 17.6 Å². The van der Waals surface area contributed by atoms with Gasteiger partial charge in [0.2, 0.25) is 0 Å². The van der Waals surface area contributed by atoms with Crippen molar-refractivity contribution in [2.75, 3.05) is 13.2 Å². The number of fused-ring (bicyclic) bond motifs is 1. The van der Waals surface area contributed by atoms with E-state index in [4.69, 9.17) is 20.5 Å². The fraction of sp³-hybridized carbons (Fsp3) is 0.417. The molecule has 1 heterocycles. The van der Waals surface area contributed by atoms with Gasteiger partial charge in [0.25, 0.3) is 0 Å². The Labute approximate surface area is 94.6 Å². The highest BCUT2D eigenvalue weighted by Gasteiger charge is 2.14. The molecule has 0 aromatic heterocycles. The van der Waals surface area contributed by atoms with E-state index in [-0.39, 0.29) is 6.04 Å². The van der Waals surface area contributed by atoms with E-state index in [1.165, 1.54) is 0 Å². The van der Waals surface area contributed by atoms with E-state index in [2.05, 4.69) is 6.07 Å². The second kappa shape index (κ2) is 4.86. The van der Waals surface area contributed by atoms with Gasteiger partial charge in [-0.1, -0.05) is 6.07 Å². The molecule has 4 nitrogen and oxygen atoms in total. The fourth-order valence-corrected chi connectivity index (χ4v) is 1.68. The van der Waals surface area contributed by atoms with Gasteiger partial charge < -0.3 is 15.2 Å². The molecule has 1 unspecified atom stereocenters. The average Bonchev–Trinajstić information content (AvgIpc) is 2.35. The number of nitrogens with two attached hydrogens (primary N) is 1. The Morgan fingerprint density at radius 2 is 2.06 bits per heavy atom. The Hall–Kier alpha value is -1.73. The van der Waals surface area contributed by atoms with Crippen molar-refractivity contribution in [2.45, 2.75) is 18.9 Å². The molecule has 0 spiro atoms. The summed E-state index contributed by atoms with van der Waals surface area (Å²) >= 11 is 0. The van der Waals surface area contributed by atoms with Gasteiger partial charge in [-0.2, -0.15) is 5.26 Å². The van der Waals surface area contributed by atoms with Crippen molar-refractivity contribution < 1.29 is 9.47 Å². The van der Waals surface area contributed by atoms with Crippen LogP contribution < -0.4 is 15.2 Å². The molecule has 0 radical (unpaired) electrons. The number of hydrogen-bond donors (Lipinski definition) is 1. The predicted octanol–water partition coefficient (Wildman–Crippen LogP) is 1.76. The second-order valence-electron chi connectivity index (χ2n) is 3.71. The minimum atomic E-state index is -0.115. The predicted molar refractivity (Wildman–Crippen MR) is 59.2 cm³/mol. The molecular weight excluding hydrogens is 204 g/mol. The molecule has 1 aliphatic heterocycles. The Balaban J connectivity index is 2.13. The summed E-state index contributed by atoms with van der Waals surface area (Å²) in [5.74, 6) is 1.51. The number of hydrogen-bond acceptors (Lipinski definition) is 4. The molecule has 4 heteroatoms. The van der Waals surface area contributed by atoms with Gasteiger partial charge in [0.15, 0.2) is 11.5 Å². The first-order valence-corrected chi connectivity index (χ1v) is 5.33. The molecular formula is C12H14N2O2. The first-order chi connectivity index (χ1) is 7.81. The van der Waals surface area contributed by atoms with Crippen molar-refractivity contribution in [1.29, 1.82) is 5.26 Å². The van der Waals surface area contributed by atoms with E-state index in [1.807, 2.05) is 18.2 Å². The van der Waals surface area contributed by atoms with Crippen LogP contribution >= 0.6 is 0 Å². The van der Waals surface area contributed by atoms with E-state index in [0.717, 1.165) is 17.1 Å². The number of nitriles is 1. The molecule has 0 bridgehead atoms. The van der Waals surface area contributed by atoms with Crippen LogP contribution in [0.5, 0.6) is 11.5 Å². The van der Waals surface area contributed by atoms with Gasteiger partial charge in [0, 0.05) is 12.5 Å². The van der Waals surface area contributed by atoms with E-state index < -0.39 is 0 Å². The molecule has 84 valence electrons. The lowest BCUT2D eigenvalue weighted by atomic mass is 10.0. The van der Waals surface area contributed by atoms with Crippen LogP contribution in [-0.4, -0.2) is 13.2 Å². The van der Waals surface area contributed by atoms with Gasteiger partial charge in [-0.3, -0.25) is 0 Å². The van der Waals surface area contributed by atoms with Crippen LogP contribution in [0.15, 0.2) is 18.2 Å². The van der Waals surface area contributed by atoms with Crippen LogP contribution in [0, 0.1) is 11.3 Å². The van der Waals surface area contributed by atoms with Gasteiger partial charge in [-0.15, -0.1) is 0 Å². The van der Waals surface area contributed by atoms with Crippen LogP contribution in [-0.2, 0) is 0 Å². The monoisotopic (exact) mass is 218 g/mol. The van der Waals surface area contributed by atoms with E-state index in [0.29, 0.717) is 26.1 Å². The van der Waals surface area contributed by atoms with Gasteiger partial charge in [0.1, 0.15) is 13.2 Å². The van der Waals surface area contributed by atoms with Gasteiger partial charge in [-0.25, -0.2) is 0 Å². The lowest BCUT2D eigenvalue weighted by Gasteiger charge is -2.20. The normalized spacial score (nSPS) is 15.2. The van der Waals surface area contributed by atoms with Crippen molar-refractivity contribution in [2.24, 2.45) is 5.73 Å².